The smallest absolute Gasteiger partial charge is 0.269 e. The van der Waals surface area contributed by atoms with Crippen molar-refractivity contribution in [2.75, 3.05) is 11.9 Å². The Hall–Kier alpha value is -1.62. The molecule has 1 heterocycles. The first-order valence-corrected chi connectivity index (χ1v) is 5.47. The van der Waals surface area contributed by atoms with Crippen molar-refractivity contribution >= 4 is 11.6 Å². The topological polar surface area (TPSA) is 80.0 Å². The number of amides is 1. The van der Waals surface area contributed by atoms with E-state index in [1.807, 2.05) is 13.0 Å². The lowest BCUT2D eigenvalue weighted by Gasteiger charge is -2.06. The van der Waals surface area contributed by atoms with Gasteiger partial charge in [-0.05, 0) is 25.5 Å². The Kier molecular flexibility index (Phi) is 3.05. The highest BCUT2D eigenvalue weighted by atomic mass is 16.1. The van der Waals surface area contributed by atoms with Gasteiger partial charge in [-0.25, -0.2) is 0 Å². The molecular weight excluding hydrogens is 204 g/mol. The van der Waals surface area contributed by atoms with Crippen molar-refractivity contribution in [1.29, 1.82) is 0 Å². The van der Waals surface area contributed by atoms with Crippen molar-refractivity contribution in [3.8, 4) is 0 Å². The van der Waals surface area contributed by atoms with Gasteiger partial charge in [-0.15, -0.1) is 0 Å². The molecule has 16 heavy (non-hydrogen) atoms. The second kappa shape index (κ2) is 4.49. The third kappa shape index (κ3) is 2.49. The van der Waals surface area contributed by atoms with Crippen molar-refractivity contribution < 1.29 is 4.79 Å². The van der Waals surface area contributed by atoms with Gasteiger partial charge >= 0.3 is 0 Å². The number of carbonyl (C=O) groups excluding carboxylic acids is 1. The second-order valence-corrected chi connectivity index (χ2v) is 3.94. The van der Waals surface area contributed by atoms with Gasteiger partial charge in [-0.3, -0.25) is 9.78 Å². The van der Waals surface area contributed by atoms with Gasteiger partial charge in [0.1, 0.15) is 5.69 Å². The van der Waals surface area contributed by atoms with Crippen molar-refractivity contribution in [1.82, 2.24) is 10.3 Å². The van der Waals surface area contributed by atoms with Gasteiger partial charge in [0.05, 0.1) is 0 Å². The van der Waals surface area contributed by atoms with Crippen LogP contribution in [0.2, 0.25) is 0 Å². The molecule has 2 rings (SSSR count). The van der Waals surface area contributed by atoms with Crippen molar-refractivity contribution in [3.63, 3.8) is 0 Å². The molecule has 2 atom stereocenters. The number of hydrogen-bond donors (Lipinski definition) is 3. The molecule has 1 fully saturated rings. The minimum absolute atomic E-state index is 0.147. The first-order valence-electron chi connectivity index (χ1n) is 5.47. The molecular formula is C11H16N4O. The maximum absolute atomic E-state index is 11.5. The zero-order valence-electron chi connectivity index (χ0n) is 9.23. The summed E-state index contributed by atoms with van der Waals surface area (Å²) in [5.41, 5.74) is 7.03. The maximum Gasteiger partial charge on any atom is 0.269 e. The van der Waals surface area contributed by atoms with Crippen LogP contribution >= 0.6 is 0 Å². The van der Waals surface area contributed by atoms with E-state index in [9.17, 15) is 4.79 Å². The minimum atomic E-state index is -0.147. The van der Waals surface area contributed by atoms with Crippen LogP contribution in [0.3, 0.4) is 0 Å². The Morgan fingerprint density at radius 1 is 1.69 bits per heavy atom. The highest BCUT2D eigenvalue weighted by molar-refractivity contribution is 5.93. The summed E-state index contributed by atoms with van der Waals surface area (Å²) in [6.45, 7) is 2.48. The highest BCUT2D eigenvalue weighted by Gasteiger charge is 2.33. The summed E-state index contributed by atoms with van der Waals surface area (Å²) in [7, 11) is 0. The molecule has 1 aliphatic rings. The van der Waals surface area contributed by atoms with Gasteiger partial charge in [0.15, 0.2) is 0 Å². The van der Waals surface area contributed by atoms with E-state index in [0.717, 1.165) is 12.1 Å². The third-order valence-corrected chi connectivity index (χ3v) is 2.52. The van der Waals surface area contributed by atoms with E-state index in [2.05, 4.69) is 15.6 Å². The van der Waals surface area contributed by atoms with E-state index in [0.29, 0.717) is 18.3 Å². The van der Waals surface area contributed by atoms with Gasteiger partial charge in [0.2, 0.25) is 0 Å². The molecule has 0 radical (unpaired) electrons. The number of carbonyl (C=O) groups is 1. The number of aromatic nitrogens is 1. The normalized spacial score (nSPS) is 22.6. The quantitative estimate of drug-likeness (QED) is 0.683. The van der Waals surface area contributed by atoms with Crippen LogP contribution in [0.5, 0.6) is 0 Å². The molecule has 86 valence electrons. The SMILES string of the molecule is CCNC(=O)c1cc(NC2CC2N)ccn1. The van der Waals surface area contributed by atoms with Gasteiger partial charge in [-0.2, -0.15) is 0 Å². The molecule has 2 unspecified atom stereocenters. The summed E-state index contributed by atoms with van der Waals surface area (Å²) in [6.07, 6.45) is 2.61. The van der Waals surface area contributed by atoms with Gasteiger partial charge in [-0.1, -0.05) is 0 Å². The molecule has 5 nitrogen and oxygen atoms in total. The highest BCUT2D eigenvalue weighted by Crippen LogP contribution is 2.23. The Morgan fingerprint density at radius 3 is 3.06 bits per heavy atom. The molecule has 0 bridgehead atoms. The summed E-state index contributed by atoms with van der Waals surface area (Å²) < 4.78 is 0. The van der Waals surface area contributed by atoms with Gasteiger partial charge in [0.25, 0.3) is 5.91 Å². The summed E-state index contributed by atoms with van der Waals surface area (Å²) in [6, 6.07) is 4.16. The van der Waals surface area contributed by atoms with E-state index >= 15 is 0 Å². The van der Waals surface area contributed by atoms with E-state index in [1.165, 1.54) is 0 Å². The van der Waals surface area contributed by atoms with Crippen molar-refractivity contribution in [3.05, 3.63) is 24.0 Å². The van der Waals surface area contributed by atoms with Gasteiger partial charge < -0.3 is 16.4 Å². The van der Waals surface area contributed by atoms with Crippen LogP contribution < -0.4 is 16.4 Å². The predicted molar refractivity (Wildman–Crippen MR) is 62.2 cm³/mol. The number of pyridine rings is 1. The van der Waals surface area contributed by atoms with Crippen LogP contribution in [0.4, 0.5) is 5.69 Å². The molecule has 0 aromatic carbocycles. The Balaban J connectivity index is 2.04. The van der Waals surface area contributed by atoms with Crippen LogP contribution in [0.1, 0.15) is 23.8 Å². The zero-order valence-corrected chi connectivity index (χ0v) is 9.23. The first-order chi connectivity index (χ1) is 7.70. The number of nitrogens with two attached hydrogens (primary N) is 1. The molecule has 1 aromatic rings. The number of rotatable bonds is 4. The van der Waals surface area contributed by atoms with Crippen LogP contribution in [-0.4, -0.2) is 29.5 Å². The fraction of sp³-hybridized carbons (Fsp3) is 0.455. The molecule has 0 aliphatic heterocycles. The summed E-state index contributed by atoms with van der Waals surface area (Å²) in [5.74, 6) is -0.147. The van der Waals surface area contributed by atoms with Crippen LogP contribution in [0.15, 0.2) is 18.3 Å². The van der Waals surface area contributed by atoms with Gasteiger partial charge in [0, 0.05) is 30.5 Å². The fourth-order valence-corrected chi connectivity index (χ4v) is 1.49. The monoisotopic (exact) mass is 220 g/mol. The van der Waals surface area contributed by atoms with Crippen LogP contribution in [0.25, 0.3) is 0 Å². The predicted octanol–water partition coefficient (Wildman–Crippen LogP) is 0.343. The van der Waals surface area contributed by atoms with E-state index < -0.39 is 0 Å². The second-order valence-electron chi connectivity index (χ2n) is 3.94. The summed E-state index contributed by atoms with van der Waals surface area (Å²) in [5, 5.41) is 5.97. The van der Waals surface area contributed by atoms with E-state index in [1.54, 1.807) is 12.3 Å². The number of anilines is 1. The molecule has 5 heteroatoms. The Bertz CT molecular complexity index is 393. The molecule has 0 spiro atoms. The first kappa shape index (κ1) is 10.9. The molecule has 4 N–H and O–H groups in total. The lowest BCUT2D eigenvalue weighted by Crippen LogP contribution is -2.23. The number of hydrogen-bond acceptors (Lipinski definition) is 4. The average molecular weight is 220 g/mol. The van der Waals surface area contributed by atoms with Crippen molar-refractivity contribution in [2.45, 2.75) is 25.4 Å². The standard InChI is InChI=1S/C11H16N4O/c1-2-13-11(16)10-5-7(3-4-14-10)15-9-6-8(9)12/h3-5,8-9H,2,6,12H2,1H3,(H,13,16)(H,14,15). The van der Waals surface area contributed by atoms with E-state index in [4.69, 9.17) is 5.73 Å². The lowest BCUT2D eigenvalue weighted by atomic mass is 10.3. The molecule has 1 saturated carbocycles. The van der Waals surface area contributed by atoms with Crippen LogP contribution in [-0.2, 0) is 0 Å². The number of nitrogens with one attached hydrogen (secondary N) is 2. The zero-order chi connectivity index (χ0) is 11.5. The average Bonchev–Trinajstić information content (AvgIpc) is 2.95. The van der Waals surface area contributed by atoms with E-state index in [-0.39, 0.29) is 11.9 Å². The third-order valence-electron chi connectivity index (χ3n) is 2.52. The minimum Gasteiger partial charge on any atom is -0.381 e. The molecule has 1 amide bonds. The molecule has 1 aromatic heterocycles. The Morgan fingerprint density at radius 2 is 2.44 bits per heavy atom. The molecule has 0 saturated heterocycles. The van der Waals surface area contributed by atoms with Crippen LogP contribution in [0, 0.1) is 0 Å². The van der Waals surface area contributed by atoms with Crippen molar-refractivity contribution in [2.24, 2.45) is 5.73 Å². The maximum atomic E-state index is 11.5. The summed E-state index contributed by atoms with van der Waals surface area (Å²) >= 11 is 0. The largest absolute Gasteiger partial charge is 0.381 e. The lowest BCUT2D eigenvalue weighted by molar-refractivity contribution is 0.0951. The fourth-order valence-electron chi connectivity index (χ4n) is 1.49. The Labute approximate surface area is 94.4 Å². The summed E-state index contributed by atoms with van der Waals surface area (Å²) in [4.78, 5) is 15.6. The number of nitrogens with zero attached hydrogens (tertiary/aromatic N) is 1. The molecule has 1 aliphatic carbocycles.